The van der Waals surface area contributed by atoms with Crippen molar-refractivity contribution in [3.63, 3.8) is 0 Å². The quantitative estimate of drug-likeness (QED) is 0.821. The summed E-state index contributed by atoms with van der Waals surface area (Å²) in [6.45, 7) is 1.88. The maximum atomic E-state index is 13.4. The molecule has 17 heavy (non-hydrogen) atoms. The summed E-state index contributed by atoms with van der Waals surface area (Å²) >= 11 is 1.95. The molecule has 0 aliphatic heterocycles. The third-order valence-corrected chi connectivity index (χ3v) is 3.37. The van der Waals surface area contributed by atoms with Gasteiger partial charge in [0.1, 0.15) is 5.82 Å². The van der Waals surface area contributed by atoms with E-state index >= 15 is 0 Å². The average Bonchev–Trinajstić information content (AvgIpc) is 2.30. The van der Waals surface area contributed by atoms with Crippen LogP contribution in [-0.2, 0) is 0 Å². The van der Waals surface area contributed by atoms with Crippen LogP contribution in [0.25, 0.3) is 0 Å². The minimum atomic E-state index is -0.262. The molecule has 0 spiro atoms. The van der Waals surface area contributed by atoms with Gasteiger partial charge in [-0.1, -0.05) is 6.07 Å². The first-order chi connectivity index (χ1) is 8.08. The number of aryl methyl sites for hydroxylation is 1. The van der Waals surface area contributed by atoms with E-state index in [1.807, 2.05) is 35.6 Å². The van der Waals surface area contributed by atoms with Gasteiger partial charge in [-0.3, -0.25) is 0 Å². The number of rotatable bonds is 2. The predicted molar refractivity (Wildman–Crippen MR) is 75.8 cm³/mol. The highest BCUT2D eigenvalue weighted by Gasteiger charge is 2.07. The fourth-order valence-corrected chi connectivity index (χ4v) is 1.89. The number of anilines is 3. The van der Waals surface area contributed by atoms with Gasteiger partial charge in [0.15, 0.2) is 5.82 Å². The van der Waals surface area contributed by atoms with Crippen LogP contribution in [0.2, 0.25) is 0 Å². The minimum absolute atomic E-state index is 0.262. The Labute approximate surface area is 112 Å². The molecule has 0 bridgehead atoms. The van der Waals surface area contributed by atoms with E-state index in [2.05, 4.69) is 10.3 Å². The van der Waals surface area contributed by atoms with Crippen LogP contribution in [0.15, 0.2) is 30.3 Å². The molecular formula is C12H11FIN3. The number of aromatic nitrogens is 1. The largest absolute Gasteiger partial charge is 0.396 e. The van der Waals surface area contributed by atoms with Crippen molar-refractivity contribution in [3.8, 4) is 0 Å². The molecule has 0 fully saturated rings. The Hall–Kier alpha value is -1.37. The molecule has 0 atom stereocenters. The zero-order chi connectivity index (χ0) is 12.4. The van der Waals surface area contributed by atoms with Crippen LogP contribution in [0.3, 0.4) is 0 Å². The van der Waals surface area contributed by atoms with Gasteiger partial charge in [-0.05, 0) is 53.8 Å². The Kier molecular flexibility index (Phi) is 3.46. The third kappa shape index (κ3) is 2.66. The lowest BCUT2D eigenvalue weighted by Crippen LogP contribution is -2.02. The number of halogens is 2. The molecule has 0 amide bonds. The lowest BCUT2D eigenvalue weighted by atomic mass is 10.3. The number of benzene rings is 1. The van der Waals surface area contributed by atoms with Gasteiger partial charge in [-0.2, -0.15) is 0 Å². The maximum Gasteiger partial charge on any atom is 0.153 e. The van der Waals surface area contributed by atoms with E-state index in [0.29, 0.717) is 20.8 Å². The Balaban J connectivity index is 2.38. The standard InChI is InChI=1S/C12H11FIN3/c1-7-5-6-9(15)12(16-7)17-10-4-2-3-8(13)11(10)14/h2-6H,15H2,1H3,(H,16,17). The summed E-state index contributed by atoms with van der Waals surface area (Å²) in [5, 5.41) is 3.04. The smallest absolute Gasteiger partial charge is 0.153 e. The van der Waals surface area contributed by atoms with Crippen LogP contribution >= 0.6 is 22.6 Å². The van der Waals surface area contributed by atoms with E-state index in [1.54, 1.807) is 18.2 Å². The van der Waals surface area contributed by atoms with E-state index in [-0.39, 0.29) is 5.82 Å². The Morgan fingerprint density at radius 2 is 2.06 bits per heavy atom. The molecule has 3 N–H and O–H groups in total. The highest BCUT2D eigenvalue weighted by atomic mass is 127. The second-order valence-electron chi connectivity index (χ2n) is 3.62. The number of hydrogen-bond donors (Lipinski definition) is 2. The van der Waals surface area contributed by atoms with Gasteiger partial charge < -0.3 is 11.1 Å². The number of nitrogens with zero attached hydrogens (tertiary/aromatic N) is 1. The third-order valence-electron chi connectivity index (χ3n) is 2.27. The summed E-state index contributed by atoms with van der Waals surface area (Å²) < 4.78 is 13.9. The molecule has 5 heteroatoms. The fraction of sp³-hybridized carbons (Fsp3) is 0.0833. The summed E-state index contributed by atoms with van der Waals surface area (Å²) in [5.41, 5.74) is 7.86. The van der Waals surface area contributed by atoms with Crippen LogP contribution in [0.1, 0.15) is 5.69 Å². The average molecular weight is 343 g/mol. The van der Waals surface area contributed by atoms with Crippen LogP contribution in [0.4, 0.5) is 21.6 Å². The molecule has 0 saturated carbocycles. The monoisotopic (exact) mass is 343 g/mol. The molecule has 1 aromatic carbocycles. The first-order valence-corrected chi connectivity index (χ1v) is 6.10. The number of nitrogens with one attached hydrogen (secondary N) is 1. The normalized spacial score (nSPS) is 10.3. The summed E-state index contributed by atoms with van der Waals surface area (Å²) in [6, 6.07) is 8.45. The molecule has 0 radical (unpaired) electrons. The van der Waals surface area contributed by atoms with E-state index in [4.69, 9.17) is 5.73 Å². The molecule has 2 aromatic rings. The van der Waals surface area contributed by atoms with Crippen molar-refractivity contribution >= 4 is 39.8 Å². The van der Waals surface area contributed by atoms with Crippen LogP contribution < -0.4 is 11.1 Å². The van der Waals surface area contributed by atoms with Gasteiger partial charge in [-0.25, -0.2) is 9.37 Å². The Morgan fingerprint density at radius 1 is 1.29 bits per heavy atom. The number of nitrogen functional groups attached to an aromatic ring is 1. The number of nitrogens with two attached hydrogens (primary N) is 1. The van der Waals surface area contributed by atoms with E-state index in [0.717, 1.165) is 5.69 Å². The molecule has 88 valence electrons. The SMILES string of the molecule is Cc1ccc(N)c(Nc2cccc(F)c2I)n1. The van der Waals surface area contributed by atoms with Crippen molar-refractivity contribution in [2.24, 2.45) is 0 Å². The van der Waals surface area contributed by atoms with Crippen molar-refractivity contribution in [2.45, 2.75) is 6.92 Å². The second-order valence-corrected chi connectivity index (χ2v) is 4.70. The van der Waals surface area contributed by atoms with Crippen LogP contribution in [0.5, 0.6) is 0 Å². The van der Waals surface area contributed by atoms with Gasteiger partial charge >= 0.3 is 0 Å². The van der Waals surface area contributed by atoms with Gasteiger partial charge in [0.2, 0.25) is 0 Å². The second kappa shape index (κ2) is 4.87. The van der Waals surface area contributed by atoms with Crippen molar-refractivity contribution in [1.29, 1.82) is 0 Å². The molecule has 0 aliphatic carbocycles. The van der Waals surface area contributed by atoms with E-state index in [1.165, 1.54) is 6.07 Å². The van der Waals surface area contributed by atoms with E-state index in [9.17, 15) is 4.39 Å². The molecule has 3 nitrogen and oxygen atoms in total. The first-order valence-electron chi connectivity index (χ1n) is 5.02. The fourth-order valence-electron chi connectivity index (χ4n) is 1.40. The lowest BCUT2D eigenvalue weighted by molar-refractivity contribution is 0.621. The van der Waals surface area contributed by atoms with Crippen LogP contribution in [0, 0.1) is 16.3 Å². The lowest BCUT2D eigenvalue weighted by Gasteiger charge is -2.10. The summed E-state index contributed by atoms with van der Waals surface area (Å²) in [6.07, 6.45) is 0. The highest BCUT2D eigenvalue weighted by molar-refractivity contribution is 14.1. The molecule has 1 heterocycles. The molecular weight excluding hydrogens is 332 g/mol. The zero-order valence-corrected chi connectivity index (χ0v) is 11.3. The van der Waals surface area contributed by atoms with Crippen molar-refractivity contribution in [3.05, 3.63) is 45.4 Å². The first kappa shape index (κ1) is 12.1. The Morgan fingerprint density at radius 3 is 2.82 bits per heavy atom. The number of hydrogen-bond acceptors (Lipinski definition) is 3. The summed E-state index contributed by atoms with van der Waals surface area (Å²) in [7, 11) is 0. The van der Waals surface area contributed by atoms with Gasteiger partial charge in [0, 0.05) is 5.69 Å². The molecule has 0 unspecified atom stereocenters. The maximum absolute atomic E-state index is 13.4. The van der Waals surface area contributed by atoms with Crippen molar-refractivity contribution in [1.82, 2.24) is 4.98 Å². The van der Waals surface area contributed by atoms with Crippen molar-refractivity contribution < 1.29 is 4.39 Å². The summed E-state index contributed by atoms with van der Waals surface area (Å²) in [4.78, 5) is 4.28. The minimum Gasteiger partial charge on any atom is -0.396 e. The topological polar surface area (TPSA) is 50.9 Å². The Bertz CT molecular complexity index is 557. The van der Waals surface area contributed by atoms with Crippen molar-refractivity contribution in [2.75, 3.05) is 11.1 Å². The molecule has 0 saturated heterocycles. The van der Waals surface area contributed by atoms with Crippen LogP contribution in [-0.4, -0.2) is 4.98 Å². The zero-order valence-electron chi connectivity index (χ0n) is 9.17. The summed E-state index contributed by atoms with van der Waals surface area (Å²) in [5.74, 6) is 0.287. The van der Waals surface area contributed by atoms with Gasteiger partial charge in [-0.15, -0.1) is 0 Å². The van der Waals surface area contributed by atoms with E-state index < -0.39 is 0 Å². The molecule has 2 rings (SSSR count). The molecule has 0 aliphatic rings. The molecule has 1 aromatic heterocycles. The number of pyridine rings is 1. The van der Waals surface area contributed by atoms with Gasteiger partial charge in [0.25, 0.3) is 0 Å². The predicted octanol–water partition coefficient (Wildman–Crippen LogP) is 3.46. The highest BCUT2D eigenvalue weighted by Crippen LogP contribution is 2.26. The van der Waals surface area contributed by atoms with Gasteiger partial charge in [0.05, 0.1) is 14.9 Å².